The van der Waals surface area contributed by atoms with E-state index in [1.54, 1.807) is 12.1 Å². The molecule has 1 aliphatic heterocycles. The summed E-state index contributed by atoms with van der Waals surface area (Å²) < 4.78 is 13.0. The fourth-order valence-electron chi connectivity index (χ4n) is 3.79. The number of carbonyl (C=O) groups is 1. The molecule has 1 fully saturated rings. The van der Waals surface area contributed by atoms with Crippen LogP contribution in [0.4, 0.5) is 10.1 Å². The average Bonchev–Trinajstić information content (AvgIpc) is 3.33. The van der Waals surface area contributed by atoms with Crippen molar-refractivity contribution in [1.82, 2.24) is 16.0 Å². The van der Waals surface area contributed by atoms with Crippen LogP contribution in [0.5, 0.6) is 0 Å². The largest absolute Gasteiger partial charge is 0.372 e. The molecule has 1 aliphatic rings. The lowest BCUT2D eigenvalue weighted by molar-refractivity contribution is -0.120. The maximum absolute atomic E-state index is 13.0. The second-order valence-corrected chi connectivity index (χ2v) is 8.07. The Labute approximate surface area is 213 Å². The monoisotopic (exact) mass is 567 g/mol. The van der Waals surface area contributed by atoms with Crippen molar-refractivity contribution in [3.8, 4) is 0 Å². The average molecular weight is 567 g/mol. The van der Waals surface area contributed by atoms with E-state index in [1.165, 1.54) is 36.2 Å². The summed E-state index contributed by atoms with van der Waals surface area (Å²) in [6.45, 7) is 8.06. The summed E-state index contributed by atoms with van der Waals surface area (Å²) in [6, 6.07) is 14.8. The molecule has 1 heterocycles. The first-order valence-corrected chi connectivity index (χ1v) is 11.5. The minimum atomic E-state index is -0.302. The molecular weight excluding hydrogens is 532 g/mol. The van der Waals surface area contributed by atoms with E-state index in [4.69, 9.17) is 0 Å². The zero-order valence-electron chi connectivity index (χ0n) is 19.4. The van der Waals surface area contributed by atoms with E-state index < -0.39 is 0 Å². The molecule has 3 rings (SSSR count). The van der Waals surface area contributed by atoms with Gasteiger partial charge in [-0.05, 0) is 62.1 Å². The normalized spacial score (nSPS) is 14.4. The molecule has 0 aliphatic carbocycles. The van der Waals surface area contributed by atoms with Gasteiger partial charge in [-0.3, -0.25) is 9.79 Å². The number of guanidine groups is 1. The molecule has 180 valence electrons. The molecule has 0 radical (unpaired) electrons. The zero-order chi connectivity index (χ0) is 22.8. The molecule has 1 atom stereocenters. The Morgan fingerprint density at radius 3 is 2.55 bits per heavy atom. The van der Waals surface area contributed by atoms with Gasteiger partial charge in [0.2, 0.25) is 5.91 Å². The van der Waals surface area contributed by atoms with E-state index in [2.05, 4.69) is 57.0 Å². The van der Waals surface area contributed by atoms with Gasteiger partial charge in [-0.15, -0.1) is 24.0 Å². The van der Waals surface area contributed by atoms with Gasteiger partial charge in [-0.1, -0.05) is 24.3 Å². The second kappa shape index (κ2) is 14.0. The van der Waals surface area contributed by atoms with Gasteiger partial charge in [0.05, 0.1) is 19.0 Å². The third-order valence-electron chi connectivity index (χ3n) is 5.52. The summed E-state index contributed by atoms with van der Waals surface area (Å²) in [5, 5.41) is 9.59. The maximum atomic E-state index is 13.0. The van der Waals surface area contributed by atoms with E-state index in [9.17, 15) is 9.18 Å². The van der Waals surface area contributed by atoms with Crippen molar-refractivity contribution >= 4 is 41.5 Å². The SMILES string of the molecule is CCNC(=NCCNC(=O)Cc1ccc(F)cc1)NC(C)c1cccc(N2CCCC2)c1.I. The molecule has 2 aromatic rings. The van der Waals surface area contributed by atoms with Gasteiger partial charge in [0.1, 0.15) is 5.82 Å². The van der Waals surface area contributed by atoms with E-state index in [0.29, 0.717) is 13.1 Å². The van der Waals surface area contributed by atoms with Gasteiger partial charge in [0.25, 0.3) is 0 Å². The topological polar surface area (TPSA) is 68.8 Å². The van der Waals surface area contributed by atoms with Gasteiger partial charge >= 0.3 is 0 Å². The highest BCUT2D eigenvalue weighted by Gasteiger charge is 2.14. The van der Waals surface area contributed by atoms with E-state index in [1.807, 2.05) is 6.92 Å². The Kier molecular flexibility index (Phi) is 11.4. The van der Waals surface area contributed by atoms with E-state index in [0.717, 1.165) is 31.2 Å². The number of hydrogen-bond acceptors (Lipinski definition) is 3. The fourth-order valence-corrected chi connectivity index (χ4v) is 3.79. The number of hydrogen-bond donors (Lipinski definition) is 3. The molecule has 0 bridgehead atoms. The van der Waals surface area contributed by atoms with Gasteiger partial charge in [-0.2, -0.15) is 0 Å². The van der Waals surface area contributed by atoms with Crippen molar-refractivity contribution in [2.45, 2.75) is 39.2 Å². The van der Waals surface area contributed by atoms with Crippen LogP contribution in [0.3, 0.4) is 0 Å². The molecule has 1 unspecified atom stereocenters. The highest BCUT2D eigenvalue weighted by molar-refractivity contribution is 14.0. The molecule has 8 heteroatoms. The summed E-state index contributed by atoms with van der Waals surface area (Å²) in [7, 11) is 0. The van der Waals surface area contributed by atoms with Crippen LogP contribution in [0.1, 0.15) is 43.9 Å². The van der Waals surface area contributed by atoms with Gasteiger partial charge in [0, 0.05) is 31.9 Å². The number of rotatable bonds is 9. The van der Waals surface area contributed by atoms with Crippen LogP contribution in [-0.4, -0.2) is 44.6 Å². The van der Waals surface area contributed by atoms with Crippen molar-refractivity contribution in [1.29, 1.82) is 0 Å². The zero-order valence-corrected chi connectivity index (χ0v) is 21.8. The summed E-state index contributed by atoms with van der Waals surface area (Å²) in [4.78, 5) is 19.1. The molecule has 33 heavy (non-hydrogen) atoms. The molecule has 2 aromatic carbocycles. The summed E-state index contributed by atoms with van der Waals surface area (Å²) in [5.74, 6) is 0.320. The number of anilines is 1. The smallest absolute Gasteiger partial charge is 0.224 e. The summed E-state index contributed by atoms with van der Waals surface area (Å²) in [6.07, 6.45) is 2.75. The lowest BCUT2D eigenvalue weighted by atomic mass is 10.1. The van der Waals surface area contributed by atoms with Crippen LogP contribution in [0.2, 0.25) is 0 Å². The minimum absolute atomic E-state index is 0. The predicted octanol–water partition coefficient (Wildman–Crippen LogP) is 4.02. The first-order valence-electron chi connectivity index (χ1n) is 11.5. The highest BCUT2D eigenvalue weighted by Crippen LogP contribution is 2.23. The Morgan fingerprint density at radius 1 is 1.12 bits per heavy atom. The first kappa shape index (κ1) is 26.9. The Balaban J connectivity index is 0.00000385. The standard InChI is InChI=1S/C25H34FN5O.HI/c1-3-27-25(29-14-13-28-24(32)17-20-9-11-22(26)12-10-20)30-19(2)21-7-6-8-23(18-21)31-15-4-5-16-31;/h6-12,18-19H,3-5,13-17H2,1-2H3,(H,28,32)(H2,27,29,30);1H. The summed E-state index contributed by atoms with van der Waals surface area (Å²) >= 11 is 0. The van der Waals surface area contributed by atoms with Gasteiger partial charge < -0.3 is 20.9 Å². The predicted molar refractivity (Wildman–Crippen MR) is 144 cm³/mol. The number of benzene rings is 2. The van der Waals surface area contributed by atoms with Crippen LogP contribution in [0, 0.1) is 5.82 Å². The quantitative estimate of drug-likeness (QED) is 0.186. The minimum Gasteiger partial charge on any atom is -0.372 e. The third kappa shape index (κ3) is 8.83. The number of amides is 1. The van der Waals surface area contributed by atoms with Gasteiger partial charge in [-0.25, -0.2) is 4.39 Å². The number of aliphatic imine (C=N–C) groups is 1. The summed E-state index contributed by atoms with van der Waals surface area (Å²) in [5.41, 5.74) is 3.28. The highest BCUT2D eigenvalue weighted by atomic mass is 127. The molecular formula is C25H35FIN5O. The fraction of sp³-hybridized carbons (Fsp3) is 0.440. The van der Waals surface area contributed by atoms with Crippen LogP contribution in [-0.2, 0) is 11.2 Å². The van der Waals surface area contributed by atoms with Crippen LogP contribution in [0.25, 0.3) is 0 Å². The Hall–Kier alpha value is -2.36. The molecule has 0 aromatic heterocycles. The van der Waals surface area contributed by atoms with Crippen LogP contribution in [0.15, 0.2) is 53.5 Å². The lowest BCUT2D eigenvalue weighted by Gasteiger charge is -2.22. The molecule has 1 saturated heterocycles. The molecule has 3 N–H and O–H groups in total. The van der Waals surface area contributed by atoms with Crippen molar-refractivity contribution < 1.29 is 9.18 Å². The van der Waals surface area contributed by atoms with Crippen LogP contribution < -0.4 is 20.9 Å². The van der Waals surface area contributed by atoms with E-state index >= 15 is 0 Å². The van der Waals surface area contributed by atoms with Crippen molar-refractivity contribution in [3.63, 3.8) is 0 Å². The Bertz CT molecular complexity index is 900. The third-order valence-corrected chi connectivity index (χ3v) is 5.52. The number of carbonyl (C=O) groups excluding carboxylic acids is 1. The van der Waals surface area contributed by atoms with Crippen molar-refractivity contribution in [2.75, 3.05) is 37.6 Å². The lowest BCUT2D eigenvalue weighted by Crippen LogP contribution is -2.39. The number of nitrogens with one attached hydrogen (secondary N) is 3. The second-order valence-electron chi connectivity index (χ2n) is 8.07. The molecule has 0 spiro atoms. The van der Waals surface area contributed by atoms with Crippen LogP contribution >= 0.6 is 24.0 Å². The van der Waals surface area contributed by atoms with E-state index in [-0.39, 0.29) is 48.2 Å². The van der Waals surface area contributed by atoms with Crippen molar-refractivity contribution in [2.24, 2.45) is 4.99 Å². The van der Waals surface area contributed by atoms with Gasteiger partial charge in [0.15, 0.2) is 5.96 Å². The molecule has 1 amide bonds. The molecule has 6 nitrogen and oxygen atoms in total. The Morgan fingerprint density at radius 2 is 1.85 bits per heavy atom. The number of halogens is 2. The molecule has 0 saturated carbocycles. The number of nitrogens with zero attached hydrogens (tertiary/aromatic N) is 2. The maximum Gasteiger partial charge on any atom is 0.224 e. The first-order chi connectivity index (χ1) is 15.5. The van der Waals surface area contributed by atoms with Crippen molar-refractivity contribution in [3.05, 3.63) is 65.5 Å².